The molecule has 1 aliphatic heterocycles. The first-order valence-corrected chi connectivity index (χ1v) is 15.7. The zero-order valence-corrected chi connectivity index (χ0v) is 24.9. The van der Waals surface area contributed by atoms with Gasteiger partial charge in [0.15, 0.2) is 17.0 Å². The molecule has 4 atom stereocenters. The zero-order chi connectivity index (χ0) is 31.2. The van der Waals surface area contributed by atoms with Crippen molar-refractivity contribution in [3.63, 3.8) is 0 Å². The molecule has 0 bridgehead atoms. The van der Waals surface area contributed by atoms with E-state index in [0.717, 1.165) is 22.5 Å². The highest BCUT2D eigenvalue weighted by Gasteiger charge is 2.45. The largest absolute Gasteiger partial charge is 0.423 e. The number of nitrogens with two attached hydrogens (primary N) is 1. The van der Waals surface area contributed by atoms with E-state index in [-0.39, 0.29) is 28.3 Å². The van der Waals surface area contributed by atoms with E-state index in [1.54, 1.807) is 36.4 Å². The Morgan fingerprint density at radius 3 is 2.02 bits per heavy atom. The third-order valence-electron chi connectivity index (χ3n) is 7.41. The van der Waals surface area contributed by atoms with Gasteiger partial charge in [0.25, 0.3) is 0 Å². The van der Waals surface area contributed by atoms with Crippen LogP contribution in [-0.4, -0.2) is 59.8 Å². The summed E-state index contributed by atoms with van der Waals surface area (Å²) in [5, 5.41) is 33.3. The van der Waals surface area contributed by atoms with Crippen molar-refractivity contribution in [2.24, 2.45) is 0 Å². The normalized spacial score (nSPS) is 20.1. The number of nitrogens with zero attached hydrogens (tertiary/aromatic N) is 4. The molecule has 0 unspecified atom stereocenters. The Morgan fingerprint density at radius 1 is 0.822 bits per heavy atom. The van der Waals surface area contributed by atoms with Crippen LogP contribution in [0.25, 0.3) is 33.1 Å². The Balaban J connectivity index is 1.28. The lowest BCUT2D eigenvalue weighted by atomic mass is 10.1. The van der Waals surface area contributed by atoms with Crippen molar-refractivity contribution in [3.8, 4) is 0 Å². The molecule has 6 aromatic rings. The number of aliphatic hydroxyl groups is 3. The molecular weight excluding hydrogens is 622 g/mol. The van der Waals surface area contributed by atoms with Crippen molar-refractivity contribution in [1.82, 2.24) is 19.5 Å². The van der Waals surface area contributed by atoms with Crippen molar-refractivity contribution >= 4 is 62.6 Å². The van der Waals surface area contributed by atoms with Gasteiger partial charge in [-0.05, 0) is 24.3 Å². The molecule has 15 heteroatoms. The number of fused-ring (bicyclic) bond motifs is 3. The number of imidazole rings is 1. The van der Waals surface area contributed by atoms with E-state index in [4.69, 9.17) is 24.3 Å². The van der Waals surface area contributed by atoms with Crippen molar-refractivity contribution < 1.29 is 28.9 Å². The zero-order valence-electron chi connectivity index (χ0n) is 23.3. The van der Waals surface area contributed by atoms with Gasteiger partial charge in [0.1, 0.15) is 40.0 Å². The van der Waals surface area contributed by atoms with Crippen LogP contribution in [0, 0.1) is 0 Å². The van der Waals surface area contributed by atoms with Crippen LogP contribution in [0.5, 0.6) is 0 Å². The first kappa shape index (κ1) is 29.5. The van der Waals surface area contributed by atoms with Gasteiger partial charge in [0.2, 0.25) is 5.95 Å². The average molecular weight is 648 g/mol. The Hall–Kier alpha value is -4.25. The Labute approximate surface area is 261 Å². The highest BCUT2D eigenvalue weighted by atomic mass is 32.2. The van der Waals surface area contributed by atoms with Gasteiger partial charge in [-0.15, -0.1) is 0 Å². The number of ether oxygens (including phenoxy) is 1. The van der Waals surface area contributed by atoms with Crippen LogP contribution in [0.2, 0.25) is 0 Å². The first-order chi connectivity index (χ1) is 21.8. The lowest BCUT2D eigenvalue weighted by molar-refractivity contribution is -0.0548. The summed E-state index contributed by atoms with van der Waals surface area (Å²) in [7, 11) is 0. The van der Waals surface area contributed by atoms with Gasteiger partial charge in [-0.3, -0.25) is 4.57 Å². The van der Waals surface area contributed by atoms with Crippen LogP contribution in [-0.2, 0) is 16.2 Å². The number of hydrogen-bond donors (Lipinski definition) is 4. The summed E-state index contributed by atoms with van der Waals surface area (Å²) in [6.45, 7) is -0.533. The molecule has 7 rings (SSSR count). The second kappa shape index (κ2) is 11.9. The van der Waals surface area contributed by atoms with Crippen LogP contribution in [0.4, 0.5) is 5.95 Å². The SMILES string of the molecule is Nc1nc(SCc2cc3ccccc3oc2=O)c2nc(SCc3cc4ccccc4oc3=O)n([C@@H]3O[C@H](CO)[C@@H](O)[C@H]3O)c2n1. The van der Waals surface area contributed by atoms with Gasteiger partial charge >= 0.3 is 11.3 Å². The fourth-order valence-corrected chi connectivity index (χ4v) is 7.07. The van der Waals surface area contributed by atoms with Gasteiger partial charge in [0, 0.05) is 33.4 Å². The van der Waals surface area contributed by atoms with Gasteiger partial charge in [-0.25, -0.2) is 19.6 Å². The van der Waals surface area contributed by atoms with E-state index in [1.807, 2.05) is 24.3 Å². The van der Waals surface area contributed by atoms with E-state index in [2.05, 4.69) is 9.97 Å². The number of anilines is 1. The van der Waals surface area contributed by atoms with Gasteiger partial charge in [-0.1, -0.05) is 59.9 Å². The summed E-state index contributed by atoms with van der Waals surface area (Å²) in [6.07, 6.45) is -5.09. The maximum Gasteiger partial charge on any atom is 0.340 e. The Morgan fingerprint density at radius 2 is 1.42 bits per heavy atom. The maximum absolute atomic E-state index is 12.8. The molecule has 45 heavy (non-hydrogen) atoms. The van der Waals surface area contributed by atoms with Crippen LogP contribution in [0.3, 0.4) is 0 Å². The van der Waals surface area contributed by atoms with Crippen LogP contribution in [0.15, 0.2) is 89.3 Å². The number of benzene rings is 2. The van der Waals surface area contributed by atoms with Crippen molar-refractivity contribution in [2.45, 2.75) is 46.2 Å². The molecule has 13 nitrogen and oxygen atoms in total. The fraction of sp³-hybridized carbons (Fsp3) is 0.233. The smallest absolute Gasteiger partial charge is 0.340 e. The third-order valence-corrected chi connectivity index (χ3v) is 9.43. The Kier molecular flexibility index (Phi) is 7.81. The predicted molar refractivity (Wildman–Crippen MR) is 167 cm³/mol. The molecule has 1 saturated heterocycles. The van der Waals surface area contributed by atoms with Crippen molar-refractivity contribution in [1.29, 1.82) is 0 Å². The summed E-state index contributed by atoms with van der Waals surface area (Å²) in [5.74, 6) is 0.213. The van der Waals surface area contributed by atoms with E-state index < -0.39 is 42.4 Å². The molecule has 2 aromatic carbocycles. The predicted octanol–water partition coefficient (Wildman–Crippen LogP) is 2.82. The minimum atomic E-state index is -1.45. The number of aliphatic hydroxyl groups excluding tert-OH is 3. The van der Waals surface area contributed by atoms with Gasteiger partial charge < -0.3 is 34.6 Å². The number of thioether (sulfide) groups is 2. The highest BCUT2D eigenvalue weighted by Crippen LogP contribution is 2.39. The molecule has 1 aliphatic rings. The summed E-state index contributed by atoms with van der Waals surface area (Å²) in [5.41, 5.74) is 7.34. The van der Waals surface area contributed by atoms with Crippen molar-refractivity contribution in [2.75, 3.05) is 12.3 Å². The summed E-state index contributed by atoms with van der Waals surface area (Å²) in [6, 6.07) is 17.8. The topological polar surface area (TPSA) is 200 Å². The highest BCUT2D eigenvalue weighted by molar-refractivity contribution is 7.98. The lowest BCUT2D eigenvalue weighted by Gasteiger charge is -2.19. The van der Waals surface area contributed by atoms with E-state index in [0.29, 0.717) is 32.8 Å². The molecule has 0 amide bonds. The Bertz CT molecular complexity index is 2180. The molecule has 0 aliphatic carbocycles. The molecule has 0 spiro atoms. The number of hydrogen-bond acceptors (Lipinski definition) is 14. The van der Waals surface area contributed by atoms with Crippen LogP contribution >= 0.6 is 23.5 Å². The van der Waals surface area contributed by atoms with Gasteiger partial charge in [0.05, 0.1) is 6.61 Å². The molecule has 4 aromatic heterocycles. The molecule has 230 valence electrons. The maximum atomic E-state index is 12.8. The summed E-state index contributed by atoms with van der Waals surface area (Å²) in [4.78, 5) is 39.0. The van der Waals surface area contributed by atoms with Crippen LogP contribution < -0.4 is 17.0 Å². The lowest BCUT2D eigenvalue weighted by Crippen LogP contribution is -2.33. The number of nitrogen functional groups attached to an aromatic ring is 1. The molecule has 0 radical (unpaired) electrons. The minimum absolute atomic E-state index is 0.102. The van der Waals surface area contributed by atoms with Gasteiger partial charge in [-0.2, -0.15) is 4.98 Å². The number of rotatable bonds is 8. The second-order valence-electron chi connectivity index (χ2n) is 10.3. The standard InChI is InChI=1S/C30H25N5O8S2/c31-29-33-24-21(25(34-29)44-12-16-9-14-5-1-3-7-18(14)42-27(16)39)32-30(35(24)26-23(38)22(37)20(11-36)41-26)45-13-17-10-15-6-2-4-8-19(15)43-28(17)40/h1-10,20,22-23,26,36-38H,11-13H2,(H2,31,33,34)/t20-,22-,23-,26-/m1/s1. The molecule has 1 fully saturated rings. The van der Waals surface area contributed by atoms with E-state index in [9.17, 15) is 24.9 Å². The fourth-order valence-electron chi connectivity index (χ4n) is 5.17. The number of aromatic nitrogens is 4. The monoisotopic (exact) mass is 647 g/mol. The van der Waals surface area contributed by atoms with E-state index >= 15 is 0 Å². The van der Waals surface area contributed by atoms with Crippen LogP contribution in [0.1, 0.15) is 17.4 Å². The molecule has 0 saturated carbocycles. The molecular formula is C30H25N5O8S2. The average Bonchev–Trinajstić information content (AvgIpc) is 3.54. The first-order valence-electron chi connectivity index (χ1n) is 13.8. The van der Waals surface area contributed by atoms with Crippen molar-refractivity contribution in [3.05, 3.63) is 92.6 Å². The summed E-state index contributed by atoms with van der Waals surface area (Å²) < 4.78 is 18.3. The quantitative estimate of drug-likeness (QED) is 0.107. The number of para-hydroxylation sites is 2. The molecule has 5 N–H and O–H groups in total. The molecule has 5 heterocycles. The summed E-state index contributed by atoms with van der Waals surface area (Å²) >= 11 is 2.35. The third kappa shape index (κ3) is 5.47. The van der Waals surface area contributed by atoms with E-state index in [1.165, 1.54) is 16.3 Å². The minimum Gasteiger partial charge on any atom is -0.423 e. The second-order valence-corrected chi connectivity index (χ2v) is 12.2.